The number of hydrogen-bond donors (Lipinski definition) is 1. The van der Waals surface area contributed by atoms with Gasteiger partial charge in [-0.3, -0.25) is 24.1 Å². The third-order valence-electron chi connectivity index (χ3n) is 5.59. The van der Waals surface area contributed by atoms with Crippen molar-refractivity contribution in [1.82, 2.24) is 4.90 Å². The molecule has 3 rings (SSSR count). The molecule has 1 heterocycles. The van der Waals surface area contributed by atoms with Gasteiger partial charge < -0.3 is 10.1 Å². The zero-order chi connectivity index (χ0) is 21.1. The Morgan fingerprint density at radius 2 is 1.83 bits per heavy atom. The Morgan fingerprint density at radius 3 is 2.41 bits per heavy atom. The van der Waals surface area contributed by atoms with E-state index in [1.165, 1.54) is 19.1 Å². The molecular weight excluding hydrogens is 379 g/mol. The van der Waals surface area contributed by atoms with Crippen LogP contribution in [0.4, 0.5) is 10.1 Å². The van der Waals surface area contributed by atoms with Gasteiger partial charge >= 0.3 is 5.97 Å². The van der Waals surface area contributed by atoms with Crippen molar-refractivity contribution in [2.75, 3.05) is 11.9 Å². The van der Waals surface area contributed by atoms with Gasteiger partial charge in [-0.2, -0.15) is 0 Å². The maximum absolute atomic E-state index is 13.6. The summed E-state index contributed by atoms with van der Waals surface area (Å²) in [6.07, 6.45) is 2.04. The van der Waals surface area contributed by atoms with Gasteiger partial charge in [0.1, 0.15) is 5.82 Å². The molecule has 0 aromatic heterocycles. The lowest BCUT2D eigenvalue weighted by atomic mass is 9.81. The highest BCUT2D eigenvalue weighted by Crippen LogP contribution is 2.37. The second kappa shape index (κ2) is 8.71. The van der Waals surface area contributed by atoms with Crippen LogP contribution in [-0.2, 0) is 23.9 Å². The highest BCUT2D eigenvalue weighted by Gasteiger charge is 2.47. The molecule has 1 saturated heterocycles. The molecule has 3 amide bonds. The molecule has 0 radical (unpaired) electrons. The fourth-order valence-electron chi connectivity index (χ4n) is 3.88. The first-order valence-electron chi connectivity index (χ1n) is 9.89. The molecule has 1 aromatic rings. The summed E-state index contributed by atoms with van der Waals surface area (Å²) >= 11 is 0. The fraction of sp³-hybridized carbons (Fsp3) is 0.524. The van der Waals surface area contributed by atoms with E-state index < -0.39 is 23.8 Å². The van der Waals surface area contributed by atoms with Crippen molar-refractivity contribution in [3.8, 4) is 0 Å². The summed E-state index contributed by atoms with van der Waals surface area (Å²) in [5.74, 6) is -2.66. The summed E-state index contributed by atoms with van der Waals surface area (Å²) in [5.41, 5.74) is 0.713. The van der Waals surface area contributed by atoms with Crippen LogP contribution < -0.4 is 5.32 Å². The van der Waals surface area contributed by atoms with Gasteiger partial charge in [-0.15, -0.1) is 0 Å². The summed E-state index contributed by atoms with van der Waals surface area (Å²) in [6, 6.07) is 4.27. The number of likely N-dealkylation sites (tertiary alicyclic amines) is 1. The molecule has 1 aliphatic heterocycles. The van der Waals surface area contributed by atoms with Gasteiger partial charge in [0.2, 0.25) is 11.8 Å². The predicted octanol–water partition coefficient (Wildman–Crippen LogP) is 2.57. The number of hydrogen-bond acceptors (Lipinski definition) is 5. The number of amides is 3. The lowest BCUT2D eigenvalue weighted by Crippen LogP contribution is -2.35. The SMILES string of the molecule is Cc1ccc(NC(=O)[C@@H](C)OC(=O)CCN2C(=O)[C@H]3CCCC[C@@H]3C2=O)cc1F. The molecule has 2 aliphatic rings. The van der Waals surface area contributed by atoms with Crippen LogP contribution in [0.5, 0.6) is 0 Å². The smallest absolute Gasteiger partial charge is 0.308 e. The van der Waals surface area contributed by atoms with Crippen molar-refractivity contribution in [3.63, 3.8) is 0 Å². The van der Waals surface area contributed by atoms with E-state index in [9.17, 15) is 23.6 Å². The third-order valence-corrected chi connectivity index (χ3v) is 5.59. The van der Waals surface area contributed by atoms with Crippen molar-refractivity contribution in [1.29, 1.82) is 0 Å². The largest absolute Gasteiger partial charge is 0.452 e. The Bertz CT molecular complexity index is 816. The maximum atomic E-state index is 13.6. The van der Waals surface area contributed by atoms with E-state index in [0.29, 0.717) is 18.4 Å². The Kier molecular flexibility index (Phi) is 6.30. The van der Waals surface area contributed by atoms with Gasteiger partial charge in [-0.1, -0.05) is 18.9 Å². The second-order valence-corrected chi connectivity index (χ2v) is 7.66. The van der Waals surface area contributed by atoms with Crippen LogP contribution in [0.3, 0.4) is 0 Å². The number of anilines is 1. The minimum absolute atomic E-state index is 0.0407. The van der Waals surface area contributed by atoms with Gasteiger partial charge in [-0.05, 0) is 44.4 Å². The average molecular weight is 404 g/mol. The van der Waals surface area contributed by atoms with Crippen LogP contribution in [0, 0.1) is 24.6 Å². The number of esters is 1. The summed E-state index contributed by atoms with van der Waals surface area (Å²) < 4.78 is 18.7. The highest BCUT2D eigenvalue weighted by atomic mass is 19.1. The van der Waals surface area contributed by atoms with Crippen molar-refractivity contribution < 1.29 is 28.3 Å². The topological polar surface area (TPSA) is 92.8 Å². The fourth-order valence-corrected chi connectivity index (χ4v) is 3.88. The summed E-state index contributed by atoms with van der Waals surface area (Å²) in [6.45, 7) is 2.97. The molecule has 2 fully saturated rings. The van der Waals surface area contributed by atoms with E-state index in [4.69, 9.17) is 4.74 Å². The molecule has 0 unspecified atom stereocenters. The molecule has 1 N–H and O–H groups in total. The molecule has 0 spiro atoms. The summed E-state index contributed by atoms with van der Waals surface area (Å²) in [4.78, 5) is 50.2. The van der Waals surface area contributed by atoms with Gasteiger partial charge in [-0.25, -0.2) is 4.39 Å². The number of halogens is 1. The predicted molar refractivity (Wildman–Crippen MR) is 102 cm³/mol. The lowest BCUT2D eigenvalue weighted by molar-refractivity contribution is -0.154. The van der Waals surface area contributed by atoms with Crippen molar-refractivity contribution in [2.45, 2.75) is 52.1 Å². The first kappa shape index (κ1) is 21.0. The van der Waals surface area contributed by atoms with Gasteiger partial charge in [0.25, 0.3) is 5.91 Å². The molecule has 7 nitrogen and oxygen atoms in total. The number of fused-ring (bicyclic) bond motifs is 1. The van der Waals surface area contributed by atoms with Crippen LogP contribution in [0.1, 0.15) is 44.6 Å². The Balaban J connectivity index is 1.48. The van der Waals surface area contributed by atoms with Crippen LogP contribution in [-0.4, -0.2) is 41.2 Å². The van der Waals surface area contributed by atoms with Crippen LogP contribution in [0.15, 0.2) is 18.2 Å². The third kappa shape index (κ3) is 4.63. The number of rotatable bonds is 6. The normalized spacial score (nSPS) is 22.2. The molecule has 156 valence electrons. The quantitative estimate of drug-likeness (QED) is 0.581. The molecule has 8 heteroatoms. The maximum Gasteiger partial charge on any atom is 0.308 e. The summed E-state index contributed by atoms with van der Waals surface area (Å²) in [7, 11) is 0. The average Bonchev–Trinajstić information content (AvgIpc) is 2.93. The first-order chi connectivity index (χ1) is 13.8. The number of carbonyl (C=O) groups is 4. The standard InChI is InChI=1S/C21H25FN2O5/c1-12-7-8-14(11-17(12)22)23-19(26)13(2)29-18(25)9-10-24-20(27)15-5-3-4-6-16(15)21(24)28/h7-8,11,13,15-16H,3-6,9-10H2,1-2H3,(H,23,26)/t13-,15+,16+/m1/s1. The number of aryl methyl sites for hydroxylation is 1. The Hall–Kier alpha value is -2.77. The molecule has 1 aliphatic carbocycles. The van der Waals surface area contributed by atoms with Crippen LogP contribution in [0.25, 0.3) is 0 Å². The van der Waals surface area contributed by atoms with E-state index in [0.717, 1.165) is 17.7 Å². The monoisotopic (exact) mass is 404 g/mol. The summed E-state index contributed by atoms with van der Waals surface area (Å²) in [5, 5.41) is 2.49. The van der Waals surface area contributed by atoms with E-state index in [1.807, 2.05) is 0 Å². The van der Waals surface area contributed by atoms with Gasteiger partial charge in [0.05, 0.1) is 18.3 Å². The minimum Gasteiger partial charge on any atom is -0.452 e. The molecular formula is C21H25FN2O5. The van der Waals surface area contributed by atoms with Crippen molar-refractivity contribution in [2.24, 2.45) is 11.8 Å². The van der Waals surface area contributed by atoms with Crippen LogP contribution >= 0.6 is 0 Å². The van der Waals surface area contributed by atoms with E-state index >= 15 is 0 Å². The highest BCUT2D eigenvalue weighted by molar-refractivity contribution is 6.05. The zero-order valence-corrected chi connectivity index (χ0v) is 16.6. The Morgan fingerprint density at radius 1 is 1.21 bits per heavy atom. The molecule has 1 saturated carbocycles. The number of nitrogens with one attached hydrogen (secondary N) is 1. The number of benzene rings is 1. The first-order valence-corrected chi connectivity index (χ1v) is 9.89. The zero-order valence-electron chi connectivity index (χ0n) is 16.6. The second-order valence-electron chi connectivity index (χ2n) is 7.66. The number of carbonyl (C=O) groups excluding carboxylic acids is 4. The Labute approximate surface area is 168 Å². The van der Waals surface area contributed by atoms with Crippen LogP contribution in [0.2, 0.25) is 0 Å². The molecule has 1 aromatic carbocycles. The number of ether oxygens (including phenoxy) is 1. The number of imide groups is 1. The minimum atomic E-state index is -1.10. The lowest BCUT2D eigenvalue weighted by Gasteiger charge is -2.19. The molecule has 0 bridgehead atoms. The van der Waals surface area contributed by atoms with Gasteiger partial charge in [0.15, 0.2) is 6.10 Å². The van der Waals surface area contributed by atoms with E-state index in [-0.39, 0.29) is 42.3 Å². The van der Waals surface area contributed by atoms with Crippen molar-refractivity contribution in [3.05, 3.63) is 29.6 Å². The van der Waals surface area contributed by atoms with Crippen molar-refractivity contribution >= 4 is 29.4 Å². The van der Waals surface area contributed by atoms with E-state index in [1.54, 1.807) is 13.0 Å². The van der Waals surface area contributed by atoms with Gasteiger partial charge in [0, 0.05) is 12.2 Å². The number of nitrogens with zero attached hydrogens (tertiary/aromatic N) is 1. The molecule has 29 heavy (non-hydrogen) atoms. The molecule has 3 atom stereocenters. The van der Waals surface area contributed by atoms with E-state index in [2.05, 4.69) is 5.32 Å².